The lowest BCUT2D eigenvalue weighted by atomic mass is 10.1. The van der Waals surface area contributed by atoms with E-state index in [0.717, 1.165) is 16.9 Å². The van der Waals surface area contributed by atoms with Crippen molar-refractivity contribution in [3.05, 3.63) is 103 Å². The van der Waals surface area contributed by atoms with Crippen molar-refractivity contribution in [1.29, 1.82) is 0 Å². The molecule has 158 valence electrons. The Labute approximate surface area is 184 Å². The fourth-order valence-electron chi connectivity index (χ4n) is 3.46. The predicted molar refractivity (Wildman–Crippen MR) is 119 cm³/mol. The minimum absolute atomic E-state index is 0.210. The van der Waals surface area contributed by atoms with Crippen LogP contribution in [-0.2, 0) is 0 Å². The third-order valence-electron chi connectivity index (χ3n) is 5.14. The molecule has 0 spiro atoms. The predicted octanol–water partition coefficient (Wildman–Crippen LogP) is 4.20. The number of aromatic nitrogens is 5. The van der Waals surface area contributed by atoms with Crippen LogP contribution in [0.15, 0.2) is 96.1 Å². The largest absolute Gasteiger partial charge is 0.463 e. The minimum atomic E-state index is -0.230. The Balaban J connectivity index is 1.41. The molecule has 0 bridgehead atoms. The molecule has 8 heteroatoms. The lowest BCUT2D eigenvalue weighted by Gasteiger charge is -2.15. The van der Waals surface area contributed by atoms with Crippen molar-refractivity contribution in [2.45, 2.75) is 13.0 Å². The molecule has 0 unspecified atom stereocenters. The maximum atomic E-state index is 13.2. The summed E-state index contributed by atoms with van der Waals surface area (Å²) in [6.45, 7) is 1.94. The molecular formula is C24H20N6O2. The lowest BCUT2D eigenvalue weighted by molar-refractivity contribution is 0.0932. The molecule has 0 aliphatic carbocycles. The quantitative estimate of drug-likeness (QED) is 0.441. The van der Waals surface area contributed by atoms with Gasteiger partial charge in [0, 0.05) is 6.07 Å². The van der Waals surface area contributed by atoms with Gasteiger partial charge in [-0.05, 0) is 48.9 Å². The van der Waals surface area contributed by atoms with E-state index >= 15 is 0 Å². The van der Waals surface area contributed by atoms with E-state index in [-0.39, 0.29) is 11.9 Å². The summed E-state index contributed by atoms with van der Waals surface area (Å²) in [6, 6.07) is 22.5. The Hall–Kier alpha value is -4.46. The maximum absolute atomic E-state index is 13.2. The molecule has 8 nitrogen and oxygen atoms in total. The second-order valence-corrected chi connectivity index (χ2v) is 7.27. The lowest BCUT2D eigenvalue weighted by Crippen LogP contribution is -2.28. The molecule has 0 fully saturated rings. The number of carbonyl (C=O) groups is 1. The molecular weight excluding hydrogens is 404 g/mol. The molecule has 2 aromatic carbocycles. The van der Waals surface area contributed by atoms with E-state index in [1.54, 1.807) is 34.1 Å². The van der Waals surface area contributed by atoms with Gasteiger partial charge in [-0.25, -0.2) is 14.3 Å². The molecule has 5 aromatic rings. The van der Waals surface area contributed by atoms with Crippen LogP contribution < -0.4 is 5.32 Å². The Morgan fingerprint density at radius 2 is 1.81 bits per heavy atom. The standard InChI is InChI=1S/C24H20N6O2/c1-17(18-9-11-19(12-10-18)29-16-25-15-26-29)27-24(31)22-14-21(23-8-5-13-32-23)28-30(22)20-6-3-2-4-7-20/h2-17H,1H3,(H,27,31)/t17-/m0/s1. The van der Waals surface area contributed by atoms with E-state index in [4.69, 9.17) is 4.42 Å². The summed E-state index contributed by atoms with van der Waals surface area (Å²) in [5, 5.41) is 11.8. The molecule has 3 heterocycles. The van der Waals surface area contributed by atoms with Gasteiger partial charge < -0.3 is 9.73 Å². The summed E-state index contributed by atoms with van der Waals surface area (Å²) < 4.78 is 8.79. The van der Waals surface area contributed by atoms with Crippen LogP contribution in [-0.4, -0.2) is 30.5 Å². The van der Waals surface area contributed by atoms with E-state index in [2.05, 4.69) is 20.5 Å². The molecule has 1 atom stereocenters. The third kappa shape index (κ3) is 3.81. The van der Waals surface area contributed by atoms with Gasteiger partial charge in [-0.2, -0.15) is 10.2 Å². The van der Waals surface area contributed by atoms with Crippen LogP contribution in [0.25, 0.3) is 22.8 Å². The van der Waals surface area contributed by atoms with Gasteiger partial charge >= 0.3 is 0 Å². The summed E-state index contributed by atoms with van der Waals surface area (Å²) in [4.78, 5) is 17.2. The summed E-state index contributed by atoms with van der Waals surface area (Å²) in [5.74, 6) is 0.373. The van der Waals surface area contributed by atoms with Crippen molar-refractivity contribution in [2.24, 2.45) is 0 Å². The smallest absolute Gasteiger partial charge is 0.270 e. The Morgan fingerprint density at radius 1 is 1.00 bits per heavy atom. The van der Waals surface area contributed by atoms with E-state index in [9.17, 15) is 4.79 Å². The normalized spacial score (nSPS) is 11.9. The average Bonchev–Trinajstić information content (AvgIpc) is 3.61. The number of carbonyl (C=O) groups excluding carboxylic acids is 1. The molecule has 32 heavy (non-hydrogen) atoms. The van der Waals surface area contributed by atoms with Crippen molar-refractivity contribution < 1.29 is 9.21 Å². The van der Waals surface area contributed by atoms with E-state index in [1.165, 1.54) is 6.33 Å². The van der Waals surface area contributed by atoms with Gasteiger partial charge in [0.05, 0.1) is 23.7 Å². The highest BCUT2D eigenvalue weighted by Gasteiger charge is 2.20. The van der Waals surface area contributed by atoms with Gasteiger partial charge in [-0.3, -0.25) is 4.79 Å². The first kappa shape index (κ1) is 19.5. The monoisotopic (exact) mass is 424 g/mol. The van der Waals surface area contributed by atoms with E-state index < -0.39 is 0 Å². The molecule has 0 radical (unpaired) electrons. The van der Waals surface area contributed by atoms with Gasteiger partial charge in [-0.15, -0.1) is 0 Å². The highest BCUT2D eigenvalue weighted by Crippen LogP contribution is 2.23. The summed E-state index contributed by atoms with van der Waals surface area (Å²) in [7, 11) is 0. The van der Waals surface area contributed by atoms with Crippen molar-refractivity contribution in [3.8, 4) is 22.8 Å². The van der Waals surface area contributed by atoms with Gasteiger partial charge in [0.2, 0.25) is 0 Å². The number of furan rings is 1. The highest BCUT2D eigenvalue weighted by molar-refractivity contribution is 5.94. The summed E-state index contributed by atoms with van der Waals surface area (Å²) in [6.07, 6.45) is 4.72. The van der Waals surface area contributed by atoms with Crippen LogP contribution in [0.1, 0.15) is 29.0 Å². The van der Waals surface area contributed by atoms with Crippen LogP contribution in [0.3, 0.4) is 0 Å². The van der Waals surface area contributed by atoms with Crippen LogP contribution >= 0.6 is 0 Å². The van der Waals surface area contributed by atoms with Crippen molar-refractivity contribution in [2.75, 3.05) is 0 Å². The average molecular weight is 424 g/mol. The van der Waals surface area contributed by atoms with Gasteiger partial charge in [-0.1, -0.05) is 30.3 Å². The topological polar surface area (TPSA) is 90.8 Å². The zero-order chi connectivity index (χ0) is 21.9. The number of nitrogens with one attached hydrogen (secondary N) is 1. The maximum Gasteiger partial charge on any atom is 0.270 e. The fraction of sp³-hybridized carbons (Fsp3) is 0.0833. The third-order valence-corrected chi connectivity index (χ3v) is 5.14. The van der Waals surface area contributed by atoms with Crippen molar-refractivity contribution in [3.63, 3.8) is 0 Å². The van der Waals surface area contributed by atoms with E-state index in [1.807, 2.05) is 67.6 Å². The summed E-state index contributed by atoms with van der Waals surface area (Å²) >= 11 is 0. The fourth-order valence-corrected chi connectivity index (χ4v) is 3.46. The van der Waals surface area contributed by atoms with Crippen LogP contribution in [0, 0.1) is 0 Å². The molecule has 0 saturated carbocycles. The van der Waals surface area contributed by atoms with Crippen LogP contribution in [0.2, 0.25) is 0 Å². The van der Waals surface area contributed by atoms with Crippen LogP contribution in [0.5, 0.6) is 0 Å². The first-order valence-corrected chi connectivity index (χ1v) is 10.1. The first-order valence-electron chi connectivity index (χ1n) is 10.1. The number of rotatable bonds is 6. The Bertz CT molecular complexity index is 1310. The second kappa shape index (κ2) is 8.35. The van der Waals surface area contributed by atoms with Gasteiger partial charge in [0.15, 0.2) is 5.76 Å². The molecule has 0 aliphatic rings. The second-order valence-electron chi connectivity index (χ2n) is 7.27. The molecule has 0 saturated heterocycles. The number of benzene rings is 2. The summed E-state index contributed by atoms with van der Waals surface area (Å²) in [5.41, 5.74) is 3.68. The number of hydrogen-bond acceptors (Lipinski definition) is 5. The van der Waals surface area contributed by atoms with Crippen molar-refractivity contribution >= 4 is 5.91 Å². The molecule has 5 rings (SSSR count). The zero-order valence-corrected chi connectivity index (χ0v) is 17.3. The first-order chi connectivity index (χ1) is 15.7. The molecule has 0 aliphatic heterocycles. The molecule has 1 N–H and O–H groups in total. The zero-order valence-electron chi connectivity index (χ0n) is 17.3. The molecule has 1 amide bonds. The number of hydrogen-bond donors (Lipinski definition) is 1. The number of amides is 1. The Kier molecular flexibility index (Phi) is 5.09. The molecule has 3 aromatic heterocycles. The van der Waals surface area contributed by atoms with Crippen LogP contribution in [0.4, 0.5) is 0 Å². The minimum Gasteiger partial charge on any atom is -0.463 e. The number of nitrogens with zero attached hydrogens (tertiary/aromatic N) is 5. The Morgan fingerprint density at radius 3 is 2.50 bits per heavy atom. The van der Waals surface area contributed by atoms with Gasteiger partial charge in [0.25, 0.3) is 5.91 Å². The van der Waals surface area contributed by atoms with E-state index in [0.29, 0.717) is 17.1 Å². The highest BCUT2D eigenvalue weighted by atomic mass is 16.3. The number of para-hydroxylation sites is 1. The van der Waals surface area contributed by atoms with Gasteiger partial charge in [0.1, 0.15) is 24.0 Å². The SMILES string of the molecule is C[C@H](NC(=O)c1cc(-c2ccco2)nn1-c1ccccc1)c1ccc(-n2cncn2)cc1. The van der Waals surface area contributed by atoms with Crippen molar-refractivity contribution in [1.82, 2.24) is 29.9 Å².